The molecule has 4 saturated carbocycles. The number of carbonyl (C=O) groups excluding carboxylic acids is 2. The van der Waals surface area contributed by atoms with Gasteiger partial charge in [0.25, 0.3) is 0 Å². The normalized spacial score (nSPS) is 34.1. The van der Waals surface area contributed by atoms with E-state index in [4.69, 9.17) is 33.2 Å². The van der Waals surface area contributed by atoms with Gasteiger partial charge in [-0.2, -0.15) is 19.9 Å². The van der Waals surface area contributed by atoms with Crippen molar-refractivity contribution in [2.24, 2.45) is 21.7 Å². The number of nitrogens with zero attached hydrogens (tertiary/aromatic N) is 4. The number of rotatable bonds is 10. The summed E-state index contributed by atoms with van der Waals surface area (Å²) in [6, 6.07) is 3.13. The minimum atomic E-state index is -0.984. The lowest BCUT2D eigenvalue weighted by Gasteiger charge is -2.26. The van der Waals surface area contributed by atoms with Crippen LogP contribution in [0.3, 0.4) is 0 Å². The average Bonchev–Trinajstić information content (AvgIpc) is 3.74. The highest BCUT2D eigenvalue weighted by Gasteiger charge is 2.81. The number of fused-ring (bicyclic) bond motifs is 2. The highest BCUT2D eigenvalue weighted by molar-refractivity contribution is 5.96. The van der Waals surface area contributed by atoms with Crippen molar-refractivity contribution in [1.82, 2.24) is 19.9 Å². The van der Waals surface area contributed by atoms with Gasteiger partial charge < -0.3 is 33.2 Å². The van der Waals surface area contributed by atoms with Crippen LogP contribution in [0.5, 0.6) is 35.5 Å². The van der Waals surface area contributed by atoms with Crippen LogP contribution < -0.4 is 28.4 Å². The molecular formula is C28H34N4O9. The number of ether oxygens (including phenoxy) is 7. The highest BCUT2D eigenvalue weighted by atomic mass is 16.6. The molecule has 4 fully saturated rings. The third kappa shape index (κ3) is 4.03. The van der Waals surface area contributed by atoms with E-state index in [1.54, 1.807) is 0 Å². The van der Waals surface area contributed by atoms with Crippen molar-refractivity contribution >= 4 is 11.9 Å². The Bertz CT molecular complexity index is 1260. The second-order valence-corrected chi connectivity index (χ2v) is 11.9. The predicted molar refractivity (Wildman–Crippen MR) is 139 cm³/mol. The first-order valence-corrected chi connectivity index (χ1v) is 13.6. The summed E-state index contributed by atoms with van der Waals surface area (Å²) < 4.78 is 38.9. The Morgan fingerprint density at radius 3 is 1.29 bits per heavy atom. The molecule has 0 radical (unpaired) electrons. The van der Waals surface area contributed by atoms with Crippen LogP contribution in [0.1, 0.15) is 52.4 Å². The maximum absolute atomic E-state index is 13.8. The molecule has 220 valence electrons. The van der Waals surface area contributed by atoms with Crippen molar-refractivity contribution in [2.45, 2.75) is 64.6 Å². The fraction of sp³-hybridized carbons (Fsp3) is 0.643. The van der Waals surface area contributed by atoms with Crippen LogP contribution in [0.15, 0.2) is 12.1 Å². The maximum Gasteiger partial charge on any atom is 0.324 e. The first-order chi connectivity index (χ1) is 19.6. The zero-order valence-corrected chi connectivity index (χ0v) is 24.0. The zero-order chi connectivity index (χ0) is 29.2. The third-order valence-electron chi connectivity index (χ3n) is 9.82. The molecule has 2 aromatic rings. The van der Waals surface area contributed by atoms with Gasteiger partial charge in [0.1, 0.15) is 23.0 Å². The van der Waals surface area contributed by atoms with Gasteiger partial charge in [-0.05, 0) is 49.4 Å². The van der Waals surface area contributed by atoms with E-state index in [1.165, 1.54) is 40.6 Å². The molecule has 13 heteroatoms. The van der Waals surface area contributed by atoms with Crippen molar-refractivity contribution in [3.63, 3.8) is 0 Å². The van der Waals surface area contributed by atoms with Gasteiger partial charge in [0.15, 0.2) is 0 Å². The topological polar surface area (TPSA) is 150 Å². The Hall–Kier alpha value is -3.90. The smallest absolute Gasteiger partial charge is 0.324 e. The molecule has 13 nitrogen and oxygen atoms in total. The maximum atomic E-state index is 13.8. The number of carbonyl (C=O) groups is 2. The Labute approximate surface area is 237 Å². The summed E-state index contributed by atoms with van der Waals surface area (Å²) in [5, 5.41) is 0. The molecular weight excluding hydrogens is 536 g/mol. The number of esters is 2. The molecule has 0 spiro atoms. The van der Waals surface area contributed by atoms with Crippen molar-refractivity contribution < 1.29 is 42.7 Å². The molecule has 0 aliphatic heterocycles. The molecule has 4 aliphatic rings. The third-order valence-corrected chi connectivity index (χ3v) is 9.82. The van der Waals surface area contributed by atoms with Crippen LogP contribution in [0.25, 0.3) is 0 Å². The van der Waals surface area contributed by atoms with Crippen molar-refractivity contribution in [1.29, 1.82) is 0 Å². The summed E-state index contributed by atoms with van der Waals surface area (Å²) in [4.78, 5) is 44.6. The second-order valence-electron chi connectivity index (χ2n) is 11.9. The molecule has 41 heavy (non-hydrogen) atoms. The van der Waals surface area contributed by atoms with E-state index in [9.17, 15) is 9.59 Å². The minimum absolute atomic E-state index is 0.0344. The molecule has 6 atom stereocenters. The van der Waals surface area contributed by atoms with Gasteiger partial charge in [-0.1, -0.05) is 13.8 Å². The standard InChI is InChI=1S/C28H34N4O9/c1-25-9-7-15(39-23-29-17(35-3)11-18(30-23)36-4)27(25,13-25)21(33)41-22(34)28-14-26(28,2)10-8-16(28)40-24-31-19(37-5)12-20(32-24)38-6/h11-12,15-16H,7-10,13-14H2,1-6H3. The lowest BCUT2D eigenvalue weighted by molar-refractivity contribution is -0.172. The summed E-state index contributed by atoms with van der Waals surface area (Å²) in [5.41, 5.74) is -2.66. The summed E-state index contributed by atoms with van der Waals surface area (Å²) in [6.07, 6.45) is 2.61. The quantitative estimate of drug-likeness (QED) is 0.304. The minimum Gasteiger partial charge on any atom is -0.481 e. The van der Waals surface area contributed by atoms with Gasteiger partial charge in [-0.15, -0.1) is 0 Å². The van der Waals surface area contributed by atoms with Crippen molar-refractivity contribution in [3.8, 4) is 35.5 Å². The molecule has 0 amide bonds. The predicted octanol–water partition coefficient (Wildman–Crippen LogP) is 2.95. The Balaban J connectivity index is 1.21. The summed E-state index contributed by atoms with van der Waals surface area (Å²) in [6.45, 7) is 4.03. The van der Waals surface area contributed by atoms with Gasteiger partial charge in [-0.3, -0.25) is 9.59 Å². The van der Waals surface area contributed by atoms with E-state index in [0.717, 1.165) is 12.8 Å². The van der Waals surface area contributed by atoms with Gasteiger partial charge in [0.05, 0.1) is 40.6 Å². The zero-order valence-electron chi connectivity index (χ0n) is 24.0. The van der Waals surface area contributed by atoms with Crippen LogP contribution >= 0.6 is 0 Å². The van der Waals surface area contributed by atoms with Crippen LogP contribution in [0, 0.1) is 21.7 Å². The fourth-order valence-corrected chi connectivity index (χ4v) is 7.19. The largest absolute Gasteiger partial charge is 0.481 e. The first-order valence-electron chi connectivity index (χ1n) is 13.6. The first kappa shape index (κ1) is 27.3. The van der Waals surface area contributed by atoms with E-state index in [0.29, 0.717) is 25.7 Å². The monoisotopic (exact) mass is 570 g/mol. The van der Waals surface area contributed by atoms with Gasteiger partial charge in [0.2, 0.25) is 23.5 Å². The van der Waals surface area contributed by atoms with E-state index in [1.807, 2.05) is 13.8 Å². The Kier molecular flexibility index (Phi) is 6.20. The molecule has 0 saturated heterocycles. The second kappa shape index (κ2) is 9.31. The lowest BCUT2D eigenvalue weighted by atomic mass is 9.94. The molecule has 6 rings (SSSR count). The molecule has 4 aliphatic carbocycles. The van der Waals surface area contributed by atoms with E-state index in [-0.39, 0.29) is 46.4 Å². The Morgan fingerprint density at radius 1 is 0.659 bits per heavy atom. The molecule has 2 aromatic heterocycles. The summed E-state index contributed by atoms with van der Waals surface area (Å²) >= 11 is 0. The van der Waals surface area contributed by atoms with Crippen LogP contribution in [0.4, 0.5) is 0 Å². The SMILES string of the molecule is COc1cc(OC)nc(OC2CCC3(C)CC23C(=O)OC(=O)C23CC2(C)CCC3Oc2nc(OC)cc(OC)n2)n1. The molecule has 0 bridgehead atoms. The molecule has 2 heterocycles. The highest BCUT2D eigenvalue weighted by Crippen LogP contribution is 2.76. The van der Waals surface area contributed by atoms with E-state index in [2.05, 4.69) is 19.9 Å². The van der Waals surface area contributed by atoms with Gasteiger partial charge in [0, 0.05) is 0 Å². The van der Waals surface area contributed by atoms with E-state index >= 15 is 0 Å². The molecule has 0 N–H and O–H groups in total. The van der Waals surface area contributed by atoms with Crippen LogP contribution in [0.2, 0.25) is 0 Å². The van der Waals surface area contributed by atoms with Crippen LogP contribution in [-0.2, 0) is 14.3 Å². The van der Waals surface area contributed by atoms with Gasteiger partial charge >= 0.3 is 24.0 Å². The van der Waals surface area contributed by atoms with Crippen molar-refractivity contribution in [2.75, 3.05) is 28.4 Å². The summed E-state index contributed by atoms with van der Waals surface area (Å²) in [5.74, 6) is -0.0918. The number of hydrogen-bond donors (Lipinski definition) is 0. The fourth-order valence-electron chi connectivity index (χ4n) is 7.19. The molecule has 0 aromatic carbocycles. The summed E-state index contributed by atoms with van der Waals surface area (Å²) in [7, 11) is 5.91. The molecule has 6 unspecified atom stereocenters. The number of aromatic nitrogens is 4. The van der Waals surface area contributed by atoms with E-state index < -0.39 is 35.0 Å². The number of methoxy groups -OCH3 is 4. The van der Waals surface area contributed by atoms with Crippen molar-refractivity contribution in [3.05, 3.63) is 12.1 Å². The average molecular weight is 571 g/mol. The lowest BCUT2D eigenvalue weighted by Crippen LogP contribution is -2.41. The Morgan fingerprint density at radius 2 is 1.00 bits per heavy atom. The number of hydrogen-bond acceptors (Lipinski definition) is 13. The van der Waals surface area contributed by atoms with Crippen LogP contribution in [-0.4, -0.2) is 72.5 Å². The van der Waals surface area contributed by atoms with Gasteiger partial charge in [-0.25, -0.2) is 0 Å².